The molecule has 2 atom stereocenters. The van der Waals surface area contributed by atoms with Crippen LogP contribution in [0.25, 0.3) is 12.2 Å². The maximum absolute atomic E-state index is 13.7. The smallest absolute Gasteiger partial charge is 0.302 e. The molecule has 1 heterocycles. The summed E-state index contributed by atoms with van der Waals surface area (Å²) in [4.78, 5) is 91.7. The zero-order valence-corrected chi connectivity index (χ0v) is 38.8. The van der Waals surface area contributed by atoms with Gasteiger partial charge in [-0.15, -0.1) is 0 Å². The Labute approximate surface area is 382 Å². The van der Waals surface area contributed by atoms with Crippen molar-refractivity contribution in [1.82, 2.24) is 16.0 Å². The van der Waals surface area contributed by atoms with E-state index in [1.54, 1.807) is 29.2 Å². The summed E-state index contributed by atoms with van der Waals surface area (Å²) in [7, 11) is 0. The van der Waals surface area contributed by atoms with Crippen LogP contribution in [0.3, 0.4) is 0 Å². The number of fused-ring (bicyclic) bond motifs is 2. The molecule has 350 valence electrons. The highest BCUT2D eigenvalue weighted by Gasteiger charge is 2.31. The van der Waals surface area contributed by atoms with Crippen LogP contribution in [0.2, 0.25) is 0 Å². The molecular formula is C50H66N6O9. The molecule has 0 fully saturated rings. The van der Waals surface area contributed by atoms with Crippen molar-refractivity contribution in [3.63, 3.8) is 0 Å². The maximum Gasteiger partial charge on any atom is 0.302 e. The predicted octanol–water partition coefficient (Wildman–Crippen LogP) is 6.04. The number of hydrogen-bond donors (Lipinski definition) is 5. The molecule has 0 spiro atoms. The van der Waals surface area contributed by atoms with Gasteiger partial charge < -0.3 is 41.4 Å². The lowest BCUT2D eigenvalue weighted by atomic mass is 9.89. The molecule has 0 unspecified atom stereocenters. The highest BCUT2D eigenvalue weighted by atomic mass is 16.5. The molecule has 0 saturated carbocycles. The molecular weight excluding hydrogens is 829 g/mol. The zero-order chi connectivity index (χ0) is 47.7. The second-order valence-electron chi connectivity index (χ2n) is 18.6. The van der Waals surface area contributed by atoms with E-state index < -0.39 is 46.6 Å². The van der Waals surface area contributed by atoms with E-state index >= 15 is 0 Å². The number of esters is 1. The van der Waals surface area contributed by atoms with Crippen LogP contribution in [-0.4, -0.2) is 73.3 Å². The lowest BCUT2D eigenvalue weighted by Gasteiger charge is -2.30. The number of nitrogens with two attached hydrogens (primary N) is 1. The fourth-order valence-electron chi connectivity index (χ4n) is 7.17. The highest BCUT2D eigenvalue weighted by Crippen LogP contribution is 2.30. The molecule has 15 heteroatoms. The third-order valence-corrected chi connectivity index (χ3v) is 10.6. The quantitative estimate of drug-likeness (QED) is 0.0701. The van der Waals surface area contributed by atoms with E-state index in [-0.39, 0.29) is 82.0 Å². The molecule has 65 heavy (non-hydrogen) atoms. The topological polar surface area (TPSA) is 215 Å². The van der Waals surface area contributed by atoms with Crippen LogP contribution < -0.4 is 31.9 Å². The second-order valence-corrected chi connectivity index (χ2v) is 18.6. The van der Waals surface area contributed by atoms with Crippen LogP contribution >= 0.6 is 0 Å². The number of nitrogens with one attached hydrogen (secondary N) is 4. The summed E-state index contributed by atoms with van der Waals surface area (Å²) in [5.74, 6) is -2.99. The molecule has 6 N–H and O–H groups in total. The van der Waals surface area contributed by atoms with Gasteiger partial charge in [-0.1, -0.05) is 108 Å². The van der Waals surface area contributed by atoms with E-state index in [0.29, 0.717) is 24.3 Å². The molecule has 0 aliphatic carbocycles. The van der Waals surface area contributed by atoms with Crippen LogP contribution in [0.5, 0.6) is 0 Å². The lowest BCUT2D eigenvalue weighted by Crippen LogP contribution is -2.53. The van der Waals surface area contributed by atoms with Gasteiger partial charge in [0.1, 0.15) is 18.7 Å². The van der Waals surface area contributed by atoms with Crippen molar-refractivity contribution in [2.75, 3.05) is 30.0 Å². The summed E-state index contributed by atoms with van der Waals surface area (Å²) in [6, 6.07) is 20.2. The first-order valence-corrected chi connectivity index (χ1v) is 22.1. The minimum atomic E-state index is -1.13. The molecule has 1 aliphatic rings. The Balaban J connectivity index is 1.25. The number of carbonyl (C=O) groups excluding carboxylic acids is 7. The van der Waals surface area contributed by atoms with Gasteiger partial charge in [0.25, 0.3) is 0 Å². The maximum atomic E-state index is 13.7. The highest BCUT2D eigenvalue weighted by molar-refractivity contribution is 5.99. The Kier molecular flexibility index (Phi) is 19.0. The van der Waals surface area contributed by atoms with E-state index in [0.717, 1.165) is 22.4 Å². The Hall–Kier alpha value is -6.35. The molecule has 4 rings (SSSR count). The average molecular weight is 895 g/mol. The number of hydrogen-bond acceptors (Lipinski definition) is 9. The van der Waals surface area contributed by atoms with Crippen molar-refractivity contribution in [2.45, 2.75) is 112 Å². The number of anilines is 2. The van der Waals surface area contributed by atoms with Gasteiger partial charge in [-0.2, -0.15) is 0 Å². The van der Waals surface area contributed by atoms with Gasteiger partial charge in [0.05, 0.1) is 25.4 Å². The third-order valence-electron chi connectivity index (χ3n) is 10.6. The summed E-state index contributed by atoms with van der Waals surface area (Å²) in [6.07, 6.45) is 4.22. The zero-order valence-electron chi connectivity index (χ0n) is 38.8. The van der Waals surface area contributed by atoms with Gasteiger partial charge in [0.15, 0.2) is 0 Å². The molecule has 15 nitrogen and oxygen atoms in total. The minimum absolute atomic E-state index is 0.00575. The van der Waals surface area contributed by atoms with E-state index in [4.69, 9.17) is 15.2 Å². The van der Waals surface area contributed by atoms with Crippen LogP contribution in [0.4, 0.5) is 11.4 Å². The van der Waals surface area contributed by atoms with Gasteiger partial charge in [-0.25, -0.2) is 0 Å². The first kappa shape index (κ1) is 51.3. The molecule has 6 amide bonds. The summed E-state index contributed by atoms with van der Waals surface area (Å²) >= 11 is 0. The van der Waals surface area contributed by atoms with Crippen molar-refractivity contribution < 1.29 is 43.0 Å². The van der Waals surface area contributed by atoms with Crippen molar-refractivity contribution in [3.8, 4) is 0 Å². The molecule has 1 aliphatic heterocycles. The number of amides is 6. The molecule has 3 aromatic carbocycles. The van der Waals surface area contributed by atoms with E-state index in [9.17, 15) is 33.6 Å². The van der Waals surface area contributed by atoms with Gasteiger partial charge in [0.2, 0.25) is 35.4 Å². The van der Waals surface area contributed by atoms with Crippen LogP contribution in [0, 0.1) is 16.7 Å². The first-order chi connectivity index (χ1) is 30.7. The van der Waals surface area contributed by atoms with Crippen LogP contribution in [-0.2, 0) is 56.2 Å². The number of ether oxygens (including phenoxy) is 2. The van der Waals surface area contributed by atoms with Crippen LogP contribution in [0.1, 0.15) is 109 Å². The Morgan fingerprint density at radius 2 is 1.38 bits per heavy atom. The molecule has 0 bridgehead atoms. The standard InChI is InChI=1S/C50H66N6O9/c1-33(2)26-41(48(63)55-40(22-23-43(51)58)47(62)53-39-20-16-35(17-21-39)29-65-34(3)57)54-45(60)27-49(4,5)31-64-32-50(6,7)30-52-44(59)24-25-46(61)56-28-38-14-9-8-12-36(38)18-19-37-13-10-11-15-42(37)56/h8-21,33,40-41H,22-32H2,1-7H3,(H2,51,58)(H,52,59)(H,53,62)(H,54,60)(H,55,63)/b19-18-/t40-,41-/m0/s1. The van der Waals surface area contributed by atoms with Crippen molar-refractivity contribution in [1.29, 1.82) is 0 Å². The summed E-state index contributed by atoms with van der Waals surface area (Å²) in [5.41, 5.74) is 9.19. The van der Waals surface area contributed by atoms with Crippen molar-refractivity contribution in [2.24, 2.45) is 22.5 Å². The molecule has 0 aromatic heterocycles. The first-order valence-electron chi connectivity index (χ1n) is 22.1. The van der Waals surface area contributed by atoms with Crippen LogP contribution in [0.15, 0.2) is 72.8 Å². The number of benzene rings is 3. The lowest BCUT2D eigenvalue weighted by molar-refractivity contribution is -0.142. The van der Waals surface area contributed by atoms with E-state index in [1.165, 1.54) is 6.92 Å². The number of nitrogens with zero attached hydrogens (tertiary/aromatic N) is 1. The molecule has 0 radical (unpaired) electrons. The summed E-state index contributed by atoms with van der Waals surface area (Å²) < 4.78 is 11.1. The summed E-state index contributed by atoms with van der Waals surface area (Å²) in [6.45, 7) is 14.1. The second kappa shape index (κ2) is 24.1. The fraction of sp³-hybridized carbons (Fsp3) is 0.460. The predicted molar refractivity (Wildman–Crippen MR) is 251 cm³/mol. The molecule has 0 saturated heterocycles. The SMILES string of the molecule is CC(=O)OCc1ccc(NC(=O)[C@H](CCC(N)=O)NC(=O)[C@H](CC(C)C)NC(=O)CC(C)(C)COCC(C)(C)CNC(=O)CCC(=O)N2Cc3ccccc3/C=C\c3ccccc32)cc1. The molecule has 3 aromatic rings. The summed E-state index contributed by atoms with van der Waals surface area (Å²) in [5, 5.41) is 11.2. The largest absolute Gasteiger partial charge is 0.461 e. The minimum Gasteiger partial charge on any atom is -0.461 e. The Morgan fingerprint density at radius 3 is 2.06 bits per heavy atom. The van der Waals surface area contributed by atoms with Gasteiger partial charge in [-0.3, -0.25) is 33.6 Å². The number of para-hydroxylation sites is 1. The van der Waals surface area contributed by atoms with Crippen molar-refractivity contribution in [3.05, 3.63) is 95.1 Å². The normalized spacial score (nSPS) is 13.8. The van der Waals surface area contributed by atoms with E-state index in [1.807, 2.05) is 96.1 Å². The Morgan fingerprint density at radius 1 is 0.738 bits per heavy atom. The fourth-order valence-corrected chi connectivity index (χ4v) is 7.17. The number of rotatable bonds is 23. The van der Waals surface area contributed by atoms with Crippen molar-refractivity contribution >= 4 is 64.9 Å². The van der Waals surface area contributed by atoms with Gasteiger partial charge in [0, 0.05) is 50.3 Å². The van der Waals surface area contributed by atoms with Gasteiger partial charge >= 0.3 is 5.97 Å². The van der Waals surface area contributed by atoms with E-state index in [2.05, 4.69) is 27.3 Å². The average Bonchev–Trinajstić information content (AvgIpc) is 3.23. The Bertz CT molecular complexity index is 2180. The third kappa shape index (κ3) is 17.6. The monoisotopic (exact) mass is 894 g/mol. The number of carbonyl (C=O) groups is 7. The number of primary amides is 1. The van der Waals surface area contributed by atoms with Gasteiger partial charge in [-0.05, 0) is 64.6 Å².